The summed E-state index contributed by atoms with van der Waals surface area (Å²) < 4.78 is 27.8. The SMILES string of the molecule is COc1ccnc(C(=O)N[C@@H](C)C(=O)O[C@H](COCc2ccccc2)[C@H](C)Oc2ccccc2)c1OC(C)=O. The number of carbonyl (C=O) groups is 3. The van der Waals surface area contributed by atoms with Gasteiger partial charge in [0.15, 0.2) is 17.5 Å². The summed E-state index contributed by atoms with van der Waals surface area (Å²) >= 11 is 0. The molecule has 0 saturated heterocycles. The highest BCUT2D eigenvalue weighted by atomic mass is 16.6. The zero-order valence-corrected chi connectivity index (χ0v) is 22.3. The van der Waals surface area contributed by atoms with Crippen molar-refractivity contribution in [3.8, 4) is 17.2 Å². The van der Waals surface area contributed by atoms with Crippen LogP contribution in [0.3, 0.4) is 0 Å². The molecule has 1 heterocycles. The van der Waals surface area contributed by atoms with Gasteiger partial charge in [0.25, 0.3) is 5.91 Å². The first kappa shape index (κ1) is 29.1. The molecule has 0 bridgehead atoms. The van der Waals surface area contributed by atoms with Crippen molar-refractivity contribution in [3.05, 3.63) is 84.2 Å². The van der Waals surface area contributed by atoms with Crippen molar-refractivity contribution in [2.45, 2.75) is 45.6 Å². The number of para-hydroxylation sites is 1. The molecule has 206 valence electrons. The van der Waals surface area contributed by atoms with Gasteiger partial charge in [-0.25, -0.2) is 9.78 Å². The van der Waals surface area contributed by atoms with Crippen molar-refractivity contribution in [2.24, 2.45) is 0 Å². The molecule has 0 aliphatic heterocycles. The zero-order valence-electron chi connectivity index (χ0n) is 22.3. The van der Waals surface area contributed by atoms with Gasteiger partial charge in [0.05, 0.1) is 20.3 Å². The fourth-order valence-corrected chi connectivity index (χ4v) is 3.49. The molecule has 10 heteroatoms. The molecule has 0 fully saturated rings. The van der Waals surface area contributed by atoms with Crippen LogP contribution in [0.4, 0.5) is 0 Å². The van der Waals surface area contributed by atoms with Crippen molar-refractivity contribution in [1.82, 2.24) is 10.3 Å². The molecule has 0 aliphatic rings. The van der Waals surface area contributed by atoms with Crippen LogP contribution in [0.2, 0.25) is 0 Å². The minimum absolute atomic E-state index is 0.0589. The first-order valence-corrected chi connectivity index (χ1v) is 12.3. The quantitative estimate of drug-likeness (QED) is 0.326. The van der Waals surface area contributed by atoms with E-state index in [4.69, 9.17) is 23.7 Å². The molecule has 1 aromatic heterocycles. The van der Waals surface area contributed by atoms with Gasteiger partial charge < -0.3 is 29.0 Å². The number of carbonyl (C=O) groups excluding carboxylic acids is 3. The Balaban J connectivity index is 1.68. The van der Waals surface area contributed by atoms with Crippen molar-refractivity contribution in [3.63, 3.8) is 0 Å². The van der Waals surface area contributed by atoms with E-state index in [1.807, 2.05) is 48.5 Å². The van der Waals surface area contributed by atoms with Crippen LogP contribution in [0.5, 0.6) is 17.2 Å². The van der Waals surface area contributed by atoms with Crippen molar-refractivity contribution >= 4 is 17.8 Å². The van der Waals surface area contributed by atoms with Crippen LogP contribution in [0.25, 0.3) is 0 Å². The van der Waals surface area contributed by atoms with Crippen molar-refractivity contribution in [2.75, 3.05) is 13.7 Å². The summed E-state index contributed by atoms with van der Waals surface area (Å²) in [4.78, 5) is 41.5. The van der Waals surface area contributed by atoms with E-state index >= 15 is 0 Å². The first-order chi connectivity index (χ1) is 18.8. The fourth-order valence-electron chi connectivity index (χ4n) is 3.49. The Hall–Kier alpha value is -4.44. The molecule has 0 radical (unpaired) electrons. The molecule has 0 aliphatic carbocycles. The Kier molecular flexibility index (Phi) is 10.8. The lowest BCUT2D eigenvalue weighted by Gasteiger charge is -2.26. The second-order valence-corrected chi connectivity index (χ2v) is 8.59. The van der Waals surface area contributed by atoms with E-state index in [0.29, 0.717) is 12.4 Å². The molecular weight excluding hydrogens is 504 g/mol. The first-order valence-electron chi connectivity index (χ1n) is 12.3. The van der Waals surface area contributed by atoms with E-state index in [1.165, 1.54) is 33.2 Å². The number of methoxy groups -OCH3 is 1. The summed E-state index contributed by atoms with van der Waals surface area (Å²) in [6, 6.07) is 19.1. The highest BCUT2D eigenvalue weighted by molar-refractivity contribution is 5.98. The van der Waals surface area contributed by atoms with Gasteiger partial charge in [0.1, 0.15) is 17.9 Å². The van der Waals surface area contributed by atoms with E-state index in [0.717, 1.165) is 5.56 Å². The lowest BCUT2D eigenvalue weighted by atomic mass is 10.2. The lowest BCUT2D eigenvalue weighted by molar-refractivity contribution is -0.160. The maximum Gasteiger partial charge on any atom is 0.328 e. The van der Waals surface area contributed by atoms with E-state index < -0.39 is 36.1 Å². The number of aromatic nitrogens is 1. The second kappa shape index (κ2) is 14.5. The van der Waals surface area contributed by atoms with E-state index in [1.54, 1.807) is 19.1 Å². The number of pyridine rings is 1. The van der Waals surface area contributed by atoms with Crippen LogP contribution in [-0.2, 0) is 25.7 Å². The van der Waals surface area contributed by atoms with Gasteiger partial charge >= 0.3 is 11.9 Å². The molecular formula is C29H32N2O8. The van der Waals surface area contributed by atoms with Gasteiger partial charge in [-0.15, -0.1) is 0 Å². The topological polar surface area (TPSA) is 122 Å². The Labute approximate surface area is 227 Å². The van der Waals surface area contributed by atoms with Crippen LogP contribution >= 0.6 is 0 Å². The highest BCUT2D eigenvalue weighted by Gasteiger charge is 2.29. The maximum atomic E-state index is 13.0. The summed E-state index contributed by atoms with van der Waals surface area (Å²) in [6.45, 7) is 4.80. The number of rotatable bonds is 13. The molecule has 1 amide bonds. The normalized spacial score (nSPS) is 12.9. The monoisotopic (exact) mass is 536 g/mol. The number of hydrogen-bond acceptors (Lipinski definition) is 9. The zero-order chi connectivity index (χ0) is 28.2. The van der Waals surface area contributed by atoms with Gasteiger partial charge in [-0.2, -0.15) is 0 Å². The molecule has 0 unspecified atom stereocenters. The summed E-state index contributed by atoms with van der Waals surface area (Å²) in [6.07, 6.45) is -0.0233. The minimum Gasteiger partial charge on any atom is -0.493 e. The highest BCUT2D eigenvalue weighted by Crippen LogP contribution is 2.29. The molecule has 3 rings (SSSR count). The maximum absolute atomic E-state index is 13.0. The average molecular weight is 537 g/mol. The van der Waals surface area contributed by atoms with E-state index in [-0.39, 0.29) is 23.8 Å². The van der Waals surface area contributed by atoms with Crippen LogP contribution in [0.15, 0.2) is 72.9 Å². The summed E-state index contributed by atoms with van der Waals surface area (Å²) in [5, 5.41) is 2.53. The predicted octanol–water partition coefficient (Wildman–Crippen LogP) is 3.73. The van der Waals surface area contributed by atoms with Crippen LogP contribution in [0, 0.1) is 0 Å². The third-order valence-electron chi connectivity index (χ3n) is 5.50. The van der Waals surface area contributed by atoms with Crippen LogP contribution in [-0.4, -0.2) is 54.8 Å². The molecule has 3 aromatic rings. The van der Waals surface area contributed by atoms with Crippen molar-refractivity contribution < 1.29 is 38.1 Å². The number of benzene rings is 2. The number of esters is 2. The number of amides is 1. The van der Waals surface area contributed by atoms with Crippen LogP contribution < -0.4 is 19.5 Å². The van der Waals surface area contributed by atoms with Crippen molar-refractivity contribution in [1.29, 1.82) is 0 Å². The van der Waals surface area contributed by atoms with Gasteiger partial charge in [0, 0.05) is 19.2 Å². The third-order valence-corrected chi connectivity index (χ3v) is 5.50. The standard InChI is InChI=1S/C29H32N2O8/c1-19(31-28(33)26-27(38-21(3)32)24(35-4)15-16-30-26)29(34)39-25(18-36-17-22-11-7-5-8-12-22)20(2)37-23-13-9-6-10-14-23/h5-16,19-20,25H,17-18H2,1-4H3,(H,31,33)/t19-,20-,25+/m0/s1. The lowest BCUT2D eigenvalue weighted by Crippen LogP contribution is -2.45. The molecule has 3 atom stereocenters. The smallest absolute Gasteiger partial charge is 0.328 e. The van der Waals surface area contributed by atoms with E-state index in [2.05, 4.69) is 10.3 Å². The summed E-state index contributed by atoms with van der Waals surface area (Å²) in [5.41, 5.74) is 0.752. The summed E-state index contributed by atoms with van der Waals surface area (Å²) in [5.74, 6) is -1.52. The van der Waals surface area contributed by atoms with Gasteiger partial charge in [0.2, 0.25) is 5.75 Å². The Morgan fingerprint density at radius 1 is 0.949 bits per heavy atom. The van der Waals surface area contributed by atoms with Gasteiger partial charge in [-0.05, 0) is 31.5 Å². The minimum atomic E-state index is -1.07. The number of nitrogens with zero attached hydrogens (tertiary/aromatic N) is 1. The third kappa shape index (κ3) is 8.82. The predicted molar refractivity (Wildman–Crippen MR) is 142 cm³/mol. The molecule has 10 nitrogen and oxygen atoms in total. The molecule has 2 aromatic carbocycles. The van der Waals surface area contributed by atoms with Gasteiger partial charge in [-0.3, -0.25) is 9.59 Å². The fraction of sp³-hybridized carbons (Fsp3) is 0.310. The number of ether oxygens (including phenoxy) is 5. The Morgan fingerprint density at radius 3 is 2.26 bits per heavy atom. The van der Waals surface area contributed by atoms with Crippen LogP contribution in [0.1, 0.15) is 36.8 Å². The number of hydrogen-bond donors (Lipinski definition) is 1. The molecule has 1 N–H and O–H groups in total. The average Bonchev–Trinajstić information content (AvgIpc) is 2.93. The molecule has 0 spiro atoms. The van der Waals surface area contributed by atoms with E-state index in [9.17, 15) is 14.4 Å². The molecule has 39 heavy (non-hydrogen) atoms. The summed E-state index contributed by atoms with van der Waals surface area (Å²) in [7, 11) is 1.36. The second-order valence-electron chi connectivity index (χ2n) is 8.59. The Bertz CT molecular complexity index is 1240. The Morgan fingerprint density at radius 2 is 1.62 bits per heavy atom. The molecule has 0 saturated carbocycles. The van der Waals surface area contributed by atoms with Gasteiger partial charge in [-0.1, -0.05) is 48.5 Å². The number of nitrogens with one attached hydrogen (secondary N) is 1. The largest absolute Gasteiger partial charge is 0.493 e.